The molecule has 6 N–H and O–H groups in total. The highest BCUT2D eigenvalue weighted by Crippen LogP contribution is 2.24. The third-order valence-electron chi connectivity index (χ3n) is 20.2. The first kappa shape index (κ1) is 92.6. The van der Waals surface area contributed by atoms with Crippen molar-refractivity contribution in [2.75, 3.05) is 19.8 Å². The van der Waals surface area contributed by atoms with Crippen LogP contribution in [-0.2, 0) is 23.8 Å². The standard InChI is InChI=1S/C86H161NO10/c1-3-5-7-9-11-13-15-17-18-42-46-50-54-58-62-66-70-74-82(91)95-75-71-67-63-59-55-51-47-44-41-39-37-35-33-31-29-27-25-23-21-19-20-22-24-26-28-30-32-34-36-38-40-43-45-49-53-57-61-65-69-73-81(90)87-78(77-96-86-85(94)84(93)83(92)80(76-88)97-86)79(89)72-68-64-60-56-52-48-16-14-12-10-8-6-4-2/h11,13,17-20,68,72,78-80,83-86,88-89,92-94H,3-10,12,14-16,21-67,69-71,73-77H2,1-2H3,(H,87,90)/b13-11-,18-17-,20-19-,72-68+. The van der Waals surface area contributed by atoms with Crippen molar-refractivity contribution in [3.63, 3.8) is 0 Å². The van der Waals surface area contributed by atoms with Crippen LogP contribution in [0.2, 0.25) is 0 Å². The number of aliphatic hydroxyl groups is 5. The molecular weight excluding hydrogens is 1210 g/mol. The Labute approximate surface area is 599 Å². The van der Waals surface area contributed by atoms with Crippen LogP contribution in [0, 0.1) is 0 Å². The monoisotopic (exact) mass is 1370 g/mol. The fraction of sp³-hybridized carbons (Fsp3) is 0.884. The Kier molecular flexibility index (Phi) is 71.4. The summed E-state index contributed by atoms with van der Waals surface area (Å²) in [5.74, 6) is -0.165. The summed E-state index contributed by atoms with van der Waals surface area (Å²) in [5.41, 5.74) is 0. The molecule has 7 atom stereocenters. The van der Waals surface area contributed by atoms with Crippen molar-refractivity contribution in [3.8, 4) is 0 Å². The molecule has 11 nitrogen and oxygen atoms in total. The van der Waals surface area contributed by atoms with Crippen LogP contribution < -0.4 is 5.32 Å². The van der Waals surface area contributed by atoms with Crippen molar-refractivity contribution >= 4 is 11.9 Å². The van der Waals surface area contributed by atoms with E-state index in [0.717, 1.165) is 64.2 Å². The molecule has 0 aromatic heterocycles. The number of nitrogens with one attached hydrogen (secondary N) is 1. The summed E-state index contributed by atoms with van der Waals surface area (Å²) < 4.78 is 16.8. The van der Waals surface area contributed by atoms with E-state index >= 15 is 0 Å². The molecule has 1 rings (SSSR count). The van der Waals surface area contributed by atoms with Crippen molar-refractivity contribution in [2.24, 2.45) is 0 Å². The van der Waals surface area contributed by atoms with Gasteiger partial charge < -0.3 is 45.1 Å². The Morgan fingerprint density at radius 2 is 0.691 bits per heavy atom. The van der Waals surface area contributed by atoms with E-state index in [0.29, 0.717) is 19.4 Å². The number of carbonyl (C=O) groups excluding carboxylic acids is 2. The Bertz CT molecular complexity index is 1750. The van der Waals surface area contributed by atoms with Crippen LogP contribution in [0.5, 0.6) is 0 Å². The summed E-state index contributed by atoms with van der Waals surface area (Å²) in [5, 5.41) is 54.6. The van der Waals surface area contributed by atoms with Gasteiger partial charge in [-0.1, -0.05) is 371 Å². The molecule has 7 unspecified atom stereocenters. The Morgan fingerprint density at radius 1 is 0.381 bits per heavy atom. The number of allylic oxidation sites excluding steroid dienone is 7. The largest absolute Gasteiger partial charge is 0.466 e. The zero-order chi connectivity index (χ0) is 70.1. The molecule has 1 amide bonds. The maximum atomic E-state index is 13.1. The molecule has 97 heavy (non-hydrogen) atoms. The van der Waals surface area contributed by atoms with Crippen LogP contribution >= 0.6 is 0 Å². The molecule has 570 valence electrons. The highest BCUT2D eigenvalue weighted by molar-refractivity contribution is 5.76. The second-order valence-electron chi connectivity index (χ2n) is 29.5. The molecule has 1 saturated heterocycles. The summed E-state index contributed by atoms with van der Waals surface area (Å²) in [6.45, 7) is 4.37. The number of aliphatic hydroxyl groups excluding tert-OH is 5. The zero-order valence-corrected chi connectivity index (χ0v) is 63.8. The zero-order valence-electron chi connectivity index (χ0n) is 63.8. The number of amides is 1. The molecule has 0 bridgehead atoms. The molecule has 0 spiro atoms. The Balaban J connectivity index is 1.87. The lowest BCUT2D eigenvalue weighted by Gasteiger charge is -2.40. The van der Waals surface area contributed by atoms with E-state index < -0.39 is 49.5 Å². The number of ether oxygens (including phenoxy) is 3. The van der Waals surface area contributed by atoms with Gasteiger partial charge in [-0.15, -0.1) is 0 Å². The van der Waals surface area contributed by atoms with Gasteiger partial charge in [0.25, 0.3) is 0 Å². The van der Waals surface area contributed by atoms with E-state index in [1.807, 2.05) is 6.08 Å². The fourth-order valence-corrected chi connectivity index (χ4v) is 13.5. The summed E-state index contributed by atoms with van der Waals surface area (Å²) in [6.07, 6.45) is 90.2. The van der Waals surface area contributed by atoms with Crippen LogP contribution in [0.25, 0.3) is 0 Å². The minimum Gasteiger partial charge on any atom is -0.466 e. The second-order valence-corrected chi connectivity index (χ2v) is 29.5. The van der Waals surface area contributed by atoms with E-state index in [4.69, 9.17) is 14.2 Å². The molecule has 11 heteroatoms. The van der Waals surface area contributed by atoms with E-state index in [1.165, 1.54) is 334 Å². The molecule has 0 aromatic carbocycles. The van der Waals surface area contributed by atoms with Gasteiger partial charge in [-0.25, -0.2) is 0 Å². The first-order chi connectivity index (χ1) is 47.7. The van der Waals surface area contributed by atoms with Crippen LogP contribution in [-0.4, -0.2) is 100 Å². The predicted octanol–water partition coefficient (Wildman–Crippen LogP) is 23.4. The third-order valence-corrected chi connectivity index (χ3v) is 20.2. The Hall–Kier alpha value is -2.38. The van der Waals surface area contributed by atoms with Crippen LogP contribution in [0.15, 0.2) is 48.6 Å². The average molecular weight is 1370 g/mol. The number of unbranched alkanes of at least 4 members (excludes halogenated alkanes) is 56. The van der Waals surface area contributed by atoms with Crippen molar-refractivity contribution in [1.82, 2.24) is 5.32 Å². The lowest BCUT2D eigenvalue weighted by Crippen LogP contribution is -2.60. The molecule has 1 aliphatic rings. The number of esters is 1. The molecule has 0 saturated carbocycles. The fourth-order valence-electron chi connectivity index (χ4n) is 13.5. The van der Waals surface area contributed by atoms with Gasteiger partial charge in [-0.05, 0) is 89.9 Å². The van der Waals surface area contributed by atoms with Gasteiger partial charge >= 0.3 is 5.97 Å². The van der Waals surface area contributed by atoms with Gasteiger partial charge in [0.15, 0.2) is 6.29 Å². The van der Waals surface area contributed by atoms with Gasteiger partial charge in [-0.3, -0.25) is 9.59 Å². The molecule has 0 aliphatic carbocycles. The molecule has 0 aromatic rings. The van der Waals surface area contributed by atoms with E-state index in [2.05, 4.69) is 55.6 Å². The smallest absolute Gasteiger partial charge is 0.305 e. The Morgan fingerprint density at radius 3 is 1.07 bits per heavy atom. The van der Waals surface area contributed by atoms with Gasteiger partial charge in [0.1, 0.15) is 24.4 Å². The summed E-state index contributed by atoms with van der Waals surface area (Å²) in [7, 11) is 0. The normalized spacial score (nSPS) is 17.5. The topological polar surface area (TPSA) is 175 Å². The van der Waals surface area contributed by atoms with Crippen molar-refractivity contribution in [1.29, 1.82) is 0 Å². The quantitative estimate of drug-likeness (QED) is 0.0195. The molecular formula is C86H161NO10. The van der Waals surface area contributed by atoms with Crippen molar-refractivity contribution in [3.05, 3.63) is 48.6 Å². The van der Waals surface area contributed by atoms with Gasteiger partial charge in [0, 0.05) is 12.8 Å². The van der Waals surface area contributed by atoms with E-state index in [9.17, 15) is 35.1 Å². The molecule has 1 fully saturated rings. The second kappa shape index (κ2) is 74.8. The minimum absolute atomic E-state index is 0.00949. The number of rotatable bonds is 76. The van der Waals surface area contributed by atoms with E-state index in [-0.39, 0.29) is 18.5 Å². The first-order valence-electron chi connectivity index (χ1n) is 42.4. The van der Waals surface area contributed by atoms with Crippen LogP contribution in [0.4, 0.5) is 0 Å². The highest BCUT2D eigenvalue weighted by Gasteiger charge is 2.44. The van der Waals surface area contributed by atoms with Gasteiger partial charge in [0.05, 0.1) is 32.0 Å². The summed E-state index contributed by atoms with van der Waals surface area (Å²) in [4.78, 5) is 25.2. The molecule has 0 radical (unpaired) electrons. The van der Waals surface area contributed by atoms with Crippen LogP contribution in [0.3, 0.4) is 0 Å². The predicted molar refractivity (Wildman–Crippen MR) is 412 cm³/mol. The maximum absolute atomic E-state index is 13.1. The molecule has 1 aliphatic heterocycles. The van der Waals surface area contributed by atoms with Crippen molar-refractivity contribution < 1.29 is 49.3 Å². The first-order valence-corrected chi connectivity index (χ1v) is 42.4. The summed E-state index contributed by atoms with van der Waals surface area (Å²) in [6, 6.07) is -0.807. The number of hydrogen-bond donors (Lipinski definition) is 6. The summed E-state index contributed by atoms with van der Waals surface area (Å²) >= 11 is 0. The highest BCUT2D eigenvalue weighted by atomic mass is 16.7. The maximum Gasteiger partial charge on any atom is 0.305 e. The average Bonchev–Trinajstić information content (AvgIpc) is 0.877. The lowest BCUT2D eigenvalue weighted by atomic mass is 9.99. The lowest BCUT2D eigenvalue weighted by molar-refractivity contribution is -0.302. The van der Waals surface area contributed by atoms with Gasteiger partial charge in [-0.2, -0.15) is 0 Å². The van der Waals surface area contributed by atoms with Crippen molar-refractivity contribution in [2.45, 2.75) is 468 Å². The third kappa shape index (κ3) is 63.1. The van der Waals surface area contributed by atoms with Crippen LogP contribution in [0.1, 0.15) is 425 Å². The van der Waals surface area contributed by atoms with E-state index in [1.54, 1.807) is 6.08 Å². The molecule has 1 heterocycles. The minimum atomic E-state index is -1.57. The number of hydrogen-bond acceptors (Lipinski definition) is 10. The number of carbonyl (C=O) groups is 2. The SMILES string of the molecule is CCCCC/C=C\C/C=C\CCCCCCCCCC(=O)OCCCCCCCCCCCCCCCCCCCC/C=C\CCCCCCCCCCCCCCCCCCCC(=O)NC(COC1OC(CO)C(O)C(O)C1O)C(O)/C=C/CCCCCCCCCCCCC. The van der Waals surface area contributed by atoms with Gasteiger partial charge in [0.2, 0.25) is 5.91 Å².